The van der Waals surface area contributed by atoms with E-state index in [0.717, 1.165) is 27.8 Å². The highest BCUT2D eigenvalue weighted by molar-refractivity contribution is 5.53. The van der Waals surface area contributed by atoms with Crippen molar-refractivity contribution in [1.29, 1.82) is 0 Å². The van der Waals surface area contributed by atoms with E-state index in [9.17, 15) is 5.11 Å². The molecule has 27 heavy (non-hydrogen) atoms. The molecule has 0 radical (unpaired) electrons. The van der Waals surface area contributed by atoms with Gasteiger partial charge in [-0.1, -0.05) is 78.4 Å². The molecule has 140 valence electrons. The Kier molecular flexibility index (Phi) is 5.50. The molecule has 0 aliphatic rings. The fourth-order valence-electron chi connectivity index (χ4n) is 3.82. The molecule has 2 nitrogen and oxygen atoms in total. The van der Waals surface area contributed by atoms with Gasteiger partial charge in [0, 0.05) is 6.04 Å². The lowest BCUT2D eigenvalue weighted by Crippen LogP contribution is -2.32. The summed E-state index contributed by atoms with van der Waals surface area (Å²) in [6.07, 6.45) is 0. The van der Waals surface area contributed by atoms with E-state index < -0.39 is 5.60 Å². The Morgan fingerprint density at radius 2 is 1.44 bits per heavy atom. The van der Waals surface area contributed by atoms with Gasteiger partial charge in [-0.15, -0.1) is 0 Å². The zero-order valence-electron chi connectivity index (χ0n) is 16.9. The van der Waals surface area contributed by atoms with E-state index in [-0.39, 0.29) is 6.04 Å². The minimum atomic E-state index is -1.21. The van der Waals surface area contributed by atoms with Crippen LogP contribution in [0.25, 0.3) is 0 Å². The zero-order valence-corrected chi connectivity index (χ0v) is 16.9. The van der Waals surface area contributed by atoms with Crippen LogP contribution in [-0.2, 0) is 5.60 Å². The van der Waals surface area contributed by atoms with E-state index in [1.165, 1.54) is 5.56 Å². The molecular weight excluding hydrogens is 330 g/mol. The van der Waals surface area contributed by atoms with Crippen LogP contribution in [-0.4, -0.2) is 24.1 Å². The topological polar surface area (TPSA) is 23.5 Å². The largest absolute Gasteiger partial charge is 0.376 e. The van der Waals surface area contributed by atoms with E-state index in [2.05, 4.69) is 70.1 Å². The summed E-state index contributed by atoms with van der Waals surface area (Å²) in [6, 6.07) is 24.7. The molecule has 0 heterocycles. The SMILES string of the molecule is Cc1ccc([C@](O)(c2ccccc2)c2ccccc2[C@H](C)N(C)C)c(C)c1. The normalized spacial score (nSPS) is 14.8. The summed E-state index contributed by atoms with van der Waals surface area (Å²) >= 11 is 0. The van der Waals surface area contributed by atoms with Gasteiger partial charge in [-0.05, 0) is 62.7 Å². The maximum atomic E-state index is 12.3. The Morgan fingerprint density at radius 1 is 0.815 bits per heavy atom. The smallest absolute Gasteiger partial charge is 0.141 e. The third-order valence-corrected chi connectivity index (χ3v) is 5.54. The Hall–Kier alpha value is -2.42. The van der Waals surface area contributed by atoms with Gasteiger partial charge in [0.2, 0.25) is 0 Å². The lowest BCUT2D eigenvalue weighted by Gasteiger charge is -2.35. The highest BCUT2D eigenvalue weighted by atomic mass is 16.3. The molecule has 0 saturated carbocycles. The Morgan fingerprint density at radius 3 is 2.07 bits per heavy atom. The Bertz CT molecular complexity index is 917. The third-order valence-electron chi connectivity index (χ3n) is 5.54. The van der Waals surface area contributed by atoms with Crippen molar-refractivity contribution < 1.29 is 5.11 Å². The van der Waals surface area contributed by atoms with Crippen LogP contribution in [0.5, 0.6) is 0 Å². The lowest BCUT2D eigenvalue weighted by atomic mass is 9.75. The predicted molar refractivity (Wildman–Crippen MR) is 113 cm³/mol. The van der Waals surface area contributed by atoms with Crippen LogP contribution in [0.15, 0.2) is 72.8 Å². The quantitative estimate of drug-likeness (QED) is 0.632. The molecule has 0 aromatic heterocycles. The third kappa shape index (κ3) is 3.55. The second kappa shape index (κ2) is 7.67. The number of rotatable bonds is 5. The number of nitrogens with zero attached hydrogens (tertiary/aromatic N) is 1. The van der Waals surface area contributed by atoms with Crippen LogP contribution in [0.2, 0.25) is 0 Å². The highest BCUT2D eigenvalue weighted by Crippen LogP contribution is 2.41. The zero-order chi connectivity index (χ0) is 19.6. The number of benzene rings is 3. The first-order valence-corrected chi connectivity index (χ1v) is 9.47. The fraction of sp³-hybridized carbons (Fsp3) is 0.280. The van der Waals surface area contributed by atoms with Crippen LogP contribution >= 0.6 is 0 Å². The van der Waals surface area contributed by atoms with Gasteiger partial charge < -0.3 is 10.0 Å². The summed E-state index contributed by atoms with van der Waals surface area (Å²) in [5, 5.41) is 12.3. The molecule has 0 spiro atoms. The molecular formula is C25H29NO. The van der Waals surface area contributed by atoms with Crippen LogP contribution in [0.3, 0.4) is 0 Å². The molecule has 2 heteroatoms. The summed E-state index contributed by atoms with van der Waals surface area (Å²) in [5.74, 6) is 0. The molecule has 0 amide bonds. The predicted octanol–water partition coefficient (Wildman–Crippen LogP) is 5.21. The molecule has 1 N–H and O–H groups in total. The summed E-state index contributed by atoms with van der Waals surface area (Å²) in [4.78, 5) is 2.17. The summed E-state index contributed by atoms with van der Waals surface area (Å²) < 4.78 is 0. The summed E-state index contributed by atoms with van der Waals surface area (Å²) in [5.41, 5.74) is 4.96. The second-order valence-electron chi connectivity index (χ2n) is 7.62. The summed E-state index contributed by atoms with van der Waals surface area (Å²) in [7, 11) is 4.14. The molecule has 3 aromatic rings. The van der Waals surface area contributed by atoms with E-state index in [1.54, 1.807) is 0 Å². The van der Waals surface area contributed by atoms with Crippen molar-refractivity contribution in [3.63, 3.8) is 0 Å². The van der Waals surface area contributed by atoms with Crippen molar-refractivity contribution in [3.05, 3.63) is 106 Å². The molecule has 2 atom stereocenters. The van der Waals surface area contributed by atoms with E-state index in [4.69, 9.17) is 0 Å². The lowest BCUT2D eigenvalue weighted by molar-refractivity contribution is 0.122. The van der Waals surface area contributed by atoms with Crippen molar-refractivity contribution in [1.82, 2.24) is 4.90 Å². The van der Waals surface area contributed by atoms with E-state index in [0.29, 0.717) is 0 Å². The van der Waals surface area contributed by atoms with Crippen LogP contribution in [0.1, 0.15) is 46.3 Å². The van der Waals surface area contributed by atoms with Gasteiger partial charge in [-0.3, -0.25) is 0 Å². The van der Waals surface area contributed by atoms with Crippen LogP contribution in [0.4, 0.5) is 0 Å². The number of hydrogen-bond donors (Lipinski definition) is 1. The van der Waals surface area contributed by atoms with Crippen molar-refractivity contribution in [2.24, 2.45) is 0 Å². The first-order chi connectivity index (χ1) is 12.9. The van der Waals surface area contributed by atoms with Gasteiger partial charge in [-0.2, -0.15) is 0 Å². The average Bonchev–Trinajstić information content (AvgIpc) is 2.67. The van der Waals surface area contributed by atoms with Crippen molar-refractivity contribution in [3.8, 4) is 0 Å². The van der Waals surface area contributed by atoms with Crippen molar-refractivity contribution in [2.45, 2.75) is 32.4 Å². The molecule has 0 aliphatic heterocycles. The van der Waals surface area contributed by atoms with Crippen LogP contribution in [0, 0.1) is 13.8 Å². The van der Waals surface area contributed by atoms with Gasteiger partial charge in [0.15, 0.2) is 0 Å². The first kappa shape index (κ1) is 19.3. The molecule has 0 bridgehead atoms. The van der Waals surface area contributed by atoms with Crippen LogP contribution < -0.4 is 0 Å². The molecule has 0 fully saturated rings. The molecule has 3 aromatic carbocycles. The number of hydrogen-bond acceptors (Lipinski definition) is 2. The molecule has 0 aliphatic carbocycles. The maximum absolute atomic E-state index is 12.3. The van der Waals surface area contributed by atoms with E-state index >= 15 is 0 Å². The molecule has 0 saturated heterocycles. The fourth-order valence-corrected chi connectivity index (χ4v) is 3.82. The van der Waals surface area contributed by atoms with Gasteiger partial charge in [0.05, 0.1) is 0 Å². The number of aryl methyl sites for hydroxylation is 2. The van der Waals surface area contributed by atoms with Gasteiger partial charge in [-0.25, -0.2) is 0 Å². The van der Waals surface area contributed by atoms with Crippen molar-refractivity contribution >= 4 is 0 Å². The van der Waals surface area contributed by atoms with E-state index in [1.807, 2.05) is 42.5 Å². The monoisotopic (exact) mass is 359 g/mol. The summed E-state index contributed by atoms with van der Waals surface area (Å²) in [6.45, 7) is 6.33. The van der Waals surface area contributed by atoms with Crippen molar-refractivity contribution in [2.75, 3.05) is 14.1 Å². The molecule has 3 rings (SSSR count). The Balaban J connectivity index is 2.34. The standard InChI is InChI=1S/C25H29NO/c1-18-15-16-23(19(2)17-18)25(27,21-11-7-6-8-12-21)24-14-10-9-13-22(24)20(3)26(4)5/h6-17,20,27H,1-5H3/t20-,25+/m0/s1. The molecule has 0 unspecified atom stereocenters. The van der Waals surface area contributed by atoms with Gasteiger partial charge in [0.25, 0.3) is 0 Å². The second-order valence-corrected chi connectivity index (χ2v) is 7.62. The highest BCUT2D eigenvalue weighted by Gasteiger charge is 2.37. The average molecular weight is 360 g/mol. The maximum Gasteiger partial charge on any atom is 0.141 e. The minimum absolute atomic E-state index is 0.183. The number of aliphatic hydroxyl groups is 1. The van der Waals surface area contributed by atoms with Gasteiger partial charge >= 0.3 is 0 Å². The van der Waals surface area contributed by atoms with Gasteiger partial charge in [0.1, 0.15) is 5.60 Å². The first-order valence-electron chi connectivity index (χ1n) is 9.47. The Labute approximate surface area is 163 Å². The minimum Gasteiger partial charge on any atom is -0.376 e.